The SMILES string of the molecule is CC(C)(C)OC(=O)N(c1ccc(F)c(C(=O)c2cn(C(=O)OC(C)(C)C)c3ncc(B4OC(C)(C)C(C)(C)O4)cc23)c1F)S(=O)(=O)N1CC[C@@H](F)C1.CC(C)(C)OC(=O)N(c1ccc(F)c(C(=O)c2cn(C(=O)OC(C)(C)C)c3ncc(Br)cc23)c1F)S(=O)(=O)N1CC[C@@H](F)C1. The molecule has 3 aliphatic rings. The van der Waals surface area contributed by atoms with Crippen LogP contribution < -0.4 is 14.1 Å². The number of halogens is 7. The average Bonchev–Trinajstić information content (AvgIpc) is 1.40. The molecule has 0 radical (unpaired) electrons. The number of hydrogen-bond acceptors (Lipinski definition) is 18. The standard InChI is InChI=1S/C34H42BF3N4O9S.C28H30BrF3N4O7S/c1-31(2,3)48-29(44)41-18-22(21-15-19(16-39-28(21)41)35-50-33(7,8)34(9,10)51-35)27(43)25-23(37)11-12-24(26(25)38)42(30(45)49-32(4,5)6)52(46,47)40-14-13-20(36)17-40;1-27(2,3)42-25(38)35-14-18(17-11-15(29)12-33-24(17)35)23(37)21-19(31)7-8-20(22(21)32)36(26(39)43-28(4,5)6)44(40,41)34-10-9-16(30)13-34/h11-12,15-16,18,20H,13-14,17H2,1-10H3;7-8,11-12,14,16H,9-10,13H2,1-6H3/t20-;16-/m11/s1. The van der Waals surface area contributed by atoms with Crippen LogP contribution in [-0.4, -0.2) is 160 Å². The predicted molar refractivity (Wildman–Crippen MR) is 343 cm³/mol. The zero-order valence-corrected chi connectivity index (χ0v) is 58.5. The zero-order valence-electron chi connectivity index (χ0n) is 55.3. The van der Waals surface area contributed by atoms with E-state index in [1.165, 1.54) is 66.1 Å². The van der Waals surface area contributed by atoms with E-state index in [4.69, 9.17) is 28.3 Å². The Hall–Kier alpha value is -7.50. The molecule has 24 nitrogen and oxygen atoms in total. The monoisotopic (exact) mass is 1450 g/mol. The summed E-state index contributed by atoms with van der Waals surface area (Å²) in [7, 11) is -11.0. The van der Waals surface area contributed by atoms with Crippen LogP contribution in [0.25, 0.3) is 22.1 Å². The van der Waals surface area contributed by atoms with Crippen molar-refractivity contribution in [2.75, 3.05) is 34.8 Å². The van der Waals surface area contributed by atoms with E-state index in [2.05, 4.69) is 25.9 Å². The van der Waals surface area contributed by atoms with Crippen LogP contribution in [0.2, 0.25) is 0 Å². The number of fused-ring (bicyclic) bond motifs is 2. The van der Waals surface area contributed by atoms with Gasteiger partial charge in [-0.05, 0) is 176 Å². The number of carbonyl (C=O) groups excluding carboxylic acids is 6. The zero-order chi connectivity index (χ0) is 71.9. The molecular formula is C62H72BBrF6N8O16S2. The first-order chi connectivity index (χ1) is 43.9. The second-order valence-electron chi connectivity index (χ2n) is 27.7. The minimum Gasteiger partial charge on any atom is -0.443 e. The maximum atomic E-state index is 16.7. The number of nitrogens with zero attached hydrogens (tertiary/aromatic N) is 8. The molecule has 6 aromatic rings. The molecule has 4 aromatic heterocycles. The fourth-order valence-corrected chi connectivity index (χ4v) is 13.3. The Morgan fingerprint density at radius 3 is 1.27 bits per heavy atom. The molecule has 96 heavy (non-hydrogen) atoms. The highest BCUT2D eigenvalue weighted by Crippen LogP contribution is 2.39. The summed E-state index contributed by atoms with van der Waals surface area (Å²) in [5.41, 5.74) is -11.2. The largest absolute Gasteiger partial charge is 0.496 e. The van der Waals surface area contributed by atoms with Crippen LogP contribution in [0.1, 0.15) is 155 Å². The Morgan fingerprint density at radius 2 is 0.927 bits per heavy atom. The molecule has 520 valence electrons. The van der Waals surface area contributed by atoms with E-state index in [9.17, 15) is 54.4 Å². The van der Waals surface area contributed by atoms with Crippen molar-refractivity contribution in [2.24, 2.45) is 0 Å². The van der Waals surface area contributed by atoms with E-state index in [0.29, 0.717) is 42.8 Å². The highest BCUT2D eigenvalue weighted by atomic mass is 79.9. The van der Waals surface area contributed by atoms with Crippen molar-refractivity contribution in [3.63, 3.8) is 0 Å². The quantitative estimate of drug-likeness (QED) is 0.0504. The van der Waals surface area contributed by atoms with Gasteiger partial charge in [-0.1, -0.05) is 0 Å². The van der Waals surface area contributed by atoms with Gasteiger partial charge in [0.2, 0.25) is 11.6 Å². The van der Waals surface area contributed by atoms with Crippen molar-refractivity contribution >= 4 is 118 Å². The maximum absolute atomic E-state index is 16.7. The van der Waals surface area contributed by atoms with Gasteiger partial charge in [-0.15, -0.1) is 0 Å². The lowest BCUT2D eigenvalue weighted by atomic mass is 9.79. The molecular weight excluding hydrogens is 1380 g/mol. The molecule has 0 saturated carbocycles. The molecule has 2 amide bonds. The van der Waals surface area contributed by atoms with Crippen molar-refractivity contribution < 1.29 is 100 Å². The van der Waals surface area contributed by atoms with Crippen LogP contribution in [0, 0.1) is 23.3 Å². The number of benzene rings is 2. The number of carbonyl (C=O) groups is 6. The molecule has 0 N–H and O–H groups in total. The van der Waals surface area contributed by atoms with Gasteiger partial charge in [0.05, 0.1) is 33.5 Å². The third-order valence-electron chi connectivity index (χ3n) is 14.9. The molecule has 0 unspecified atom stereocenters. The van der Waals surface area contributed by atoms with Crippen molar-refractivity contribution in [1.82, 2.24) is 27.7 Å². The van der Waals surface area contributed by atoms with E-state index in [-0.39, 0.29) is 62.2 Å². The summed E-state index contributed by atoms with van der Waals surface area (Å²) in [6, 6.07) is 5.37. The molecule has 0 aliphatic carbocycles. The van der Waals surface area contributed by atoms with Gasteiger partial charge in [0.25, 0.3) is 0 Å². The lowest BCUT2D eigenvalue weighted by molar-refractivity contribution is 0.00578. The number of ketones is 2. The molecule has 3 aliphatic heterocycles. The number of alkyl halides is 2. The van der Waals surface area contributed by atoms with Crippen molar-refractivity contribution in [1.29, 1.82) is 0 Å². The molecule has 0 spiro atoms. The highest BCUT2D eigenvalue weighted by Gasteiger charge is 2.52. The summed E-state index contributed by atoms with van der Waals surface area (Å²) in [5, 5.41) is -0.0305. The van der Waals surface area contributed by atoms with Gasteiger partial charge >= 0.3 is 51.9 Å². The Labute approximate surface area is 559 Å². The lowest BCUT2D eigenvalue weighted by Gasteiger charge is -2.32. The fraction of sp³-hybridized carbons (Fsp3) is 0.484. The molecule has 2 aromatic carbocycles. The van der Waals surface area contributed by atoms with Crippen LogP contribution in [0.3, 0.4) is 0 Å². The molecule has 7 heterocycles. The summed E-state index contributed by atoms with van der Waals surface area (Å²) in [6.07, 6.45) is -3.74. The molecule has 0 bridgehead atoms. The summed E-state index contributed by atoms with van der Waals surface area (Å²) in [6.45, 7) is 23.7. The Kier molecular flexibility index (Phi) is 20.4. The summed E-state index contributed by atoms with van der Waals surface area (Å²) >= 11 is 3.22. The lowest BCUT2D eigenvalue weighted by Crippen LogP contribution is -2.48. The summed E-state index contributed by atoms with van der Waals surface area (Å²) in [4.78, 5) is 89.6. The van der Waals surface area contributed by atoms with Crippen molar-refractivity contribution in [3.8, 4) is 0 Å². The Morgan fingerprint density at radius 1 is 0.573 bits per heavy atom. The van der Waals surface area contributed by atoms with E-state index >= 15 is 17.6 Å². The summed E-state index contributed by atoms with van der Waals surface area (Å²) < 4.78 is 184. The predicted octanol–water partition coefficient (Wildman–Crippen LogP) is 11.8. The first-order valence-electron chi connectivity index (χ1n) is 29.9. The number of aromatic nitrogens is 4. The number of anilines is 2. The van der Waals surface area contributed by atoms with Gasteiger partial charge in [-0.2, -0.15) is 34.1 Å². The van der Waals surface area contributed by atoms with E-state index in [0.717, 1.165) is 21.5 Å². The second-order valence-corrected chi connectivity index (χ2v) is 32.2. The van der Waals surface area contributed by atoms with Gasteiger partial charge in [0, 0.05) is 71.7 Å². The topological polar surface area (TPSA) is 275 Å². The third kappa shape index (κ3) is 15.6. The van der Waals surface area contributed by atoms with Crippen molar-refractivity contribution in [2.45, 2.75) is 170 Å². The van der Waals surface area contributed by atoms with Crippen LogP contribution >= 0.6 is 15.9 Å². The van der Waals surface area contributed by atoms with Crippen LogP contribution in [0.5, 0.6) is 0 Å². The molecule has 3 saturated heterocycles. The number of pyridine rings is 2. The van der Waals surface area contributed by atoms with Crippen LogP contribution in [0.15, 0.2) is 65.7 Å². The smallest absolute Gasteiger partial charge is 0.443 e. The van der Waals surface area contributed by atoms with Gasteiger partial charge in [-0.3, -0.25) is 9.59 Å². The highest BCUT2D eigenvalue weighted by molar-refractivity contribution is 9.10. The number of amides is 2. The normalized spacial score (nSPS) is 17.9. The van der Waals surface area contributed by atoms with E-state index in [1.54, 1.807) is 41.5 Å². The Balaban J connectivity index is 0.000000249. The minimum absolute atomic E-state index is 0.0158. The van der Waals surface area contributed by atoms with Gasteiger partial charge in [0.15, 0.2) is 11.6 Å². The summed E-state index contributed by atoms with van der Waals surface area (Å²) in [5.74, 6) is -8.86. The van der Waals surface area contributed by atoms with Crippen LogP contribution in [0.4, 0.5) is 56.9 Å². The maximum Gasteiger partial charge on any atom is 0.496 e. The van der Waals surface area contributed by atoms with Gasteiger partial charge < -0.3 is 28.3 Å². The van der Waals surface area contributed by atoms with E-state index in [1.807, 2.05) is 27.7 Å². The first-order valence-corrected chi connectivity index (χ1v) is 33.4. The third-order valence-corrected chi connectivity index (χ3v) is 18.9. The first kappa shape index (κ1) is 74.3. The molecule has 3 fully saturated rings. The number of ether oxygens (including phenoxy) is 4. The second kappa shape index (κ2) is 26.4. The van der Waals surface area contributed by atoms with E-state index < -0.39 is 174 Å². The molecule has 2 atom stereocenters. The minimum atomic E-state index is -5.02. The van der Waals surface area contributed by atoms with Crippen molar-refractivity contribution in [3.05, 3.63) is 111 Å². The molecule has 34 heteroatoms. The average molecular weight is 1450 g/mol. The Bertz CT molecular complexity index is 4360. The van der Waals surface area contributed by atoms with Gasteiger partial charge in [0.1, 0.15) is 69.1 Å². The van der Waals surface area contributed by atoms with Gasteiger partial charge in [-0.25, -0.2) is 64.6 Å². The number of rotatable bonds is 11. The molecule has 9 rings (SSSR count). The number of hydrogen-bond donors (Lipinski definition) is 0. The fourth-order valence-electron chi connectivity index (χ4n) is 9.92. The van der Waals surface area contributed by atoms with Crippen LogP contribution in [-0.2, 0) is 48.7 Å².